The Morgan fingerprint density at radius 2 is 1.09 bits per heavy atom. The van der Waals surface area contributed by atoms with E-state index in [1.54, 1.807) is 11.3 Å². The van der Waals surface area contributed by atoms with E-state index in [4.69, 9.17) is 4.98 Å². The first-order valence-corrected chi connectivity index (χ1v) is 11.4. The number of hydrogen-bond donors (Lipinski definition) is 0. The van der Waals surface area contributed by atoms with Gasteiger partial charge in [-0.15, -0.1) is 11.3 Å². The Morgan fingerprint density at radius 1 is 0.500 bits per heavy atom. The summed E-state index contributed by atoms with van der Waals surface area (Å²) in [4.78, 5) is 14.1. The highest BCUT2D eigenvalue weighted by Gasteiger charge is 2.11. The lowest BCUT2D eigenvalue weighted by Crippen LogP contribution is -1.99. The second kappa shape index (κ2) is 7.66. The fourth-order valence-electron chi connectivity index (χ4n) is 4.05. The van der Waals surface area contributed by atoms with E-state index in [9.17, 15) is 0 Å². The van der Waals surface area contributed by atoms with E-state index in [1.165, 1.54) is 31.3 Å². The Balaban J connectivity index is 1.40. The van der Waals surface area contributed by atoms with Crippen molar-refractivity contribution < 1.29 is 0 Å². The maximum absolute atomic E-state index is 4.82. The van der Waals surface area contributed by atoms with Crippen molar-refractivity contribution in [3.05, 3.63) is 103 Å². The summed E-state index contributed by atoms with van der Waals surface area (Å²) in [5, 5.41) is 2.57. The molecule has 6 aromatic rings. The highest BCUT2D eigenvalue weighted by molar-refractivity contribution is 7.25. The second-order valence-electron chi connectivity index (χ2n) is 7.78. The molecule has 0 bridgehead atoms. The first-order valence-electron chi connectivity index (χ1n) is 10.5. The van der Waals surface area contributed by atoms with E-state index in [2.05, 4.69) is 101 Å². The quantitative estimate of drug-likeness (QED) is 0.291. The first-order chi connectivity index (χ1) is 15.7. The van der Waals surface area contributed by atoms with Crippen LogP contribution in [0.15, 0.2) is 97.1 Å². The Kier molecular flexibility index (Phi) is 4.51. The van der Waals surface area contributed by atoms with Crippen LogP contribution < -0.4 is 0 Å². The molecule has 2 heterocycles. The van der Waals surface area contributed by atoms with Crippen LogP contribution in [0, 0.1) is 6.92 Å². The monoisotopic (exact) mass is 429 g/mol. The fourth-order valence-corrected chi connectivity index (χ4v) is 5.19. The molecule has 0 unspecified atom stereocenters. The molecule has 0 saturated carbocycles. The number of aromatic nitrogens is 3. The Morgan fingerprint density at radius 3 is 1.91 bits per heavy atom. The zero-order chi connectivity index (χ0) is 21.5. The molecule has 4 heteroatoms. The molecule has 32 heavy (non-hydrogen) atoms. The molecule has 0 aliphatic rings. The predicted molar refractivity (Wildman–Crippen MR) is 134 cm³/mol. The minimum Gasteiger partial charge on any atom is -0.213 e. The number of fused-ring (bicyclic) bond motifs is 3. The van der Waals surface area contributed by atoms with Gasteiger partial charge < -0.3 is 0 Å². The van der Waals surface area contributed by atoms with Gasteiger partial charge >= 0.3 is 0 Å². The summed E-state index contributed by atoms with van der Waals surface area (Å²) in [6.07, 6.45) is 0. The molecule has 4 aromatic carbocycles. The van der Waals surface area contributed by atoms with Crippen LogP contribution in [0.4, 0.5) is 0 Å². The van der Waals surface area contributed by atoms with Gasteiger partial charge in [0.05, 0.1) is 0 Å². The smallest absolute Gasteiger partial charge is 0.163 e. The average Bonchev–Trinajstić information content (AvgIpc) is 3.22. The van der Waals surface area contributed by atoms with Gasteiger partial charge in [-0.05, 0) is 30.2 Å². The van der Waals surface area contributed by atoms with E-state index in [-0.39, 0.29) is 0 Å². The largest absolute Gasteiger partial charge is 0.213 e. The average molecular weight is 430 g/mol. The molecule has 0 atom stereocenters. The Labute approximate surface area is 190 Å². The molecule has 3 nitrogen and oxygen atoms in total. The van der Waals surface area contributed by atoms with Crippen molar-refractivity contribution in [3.63, 3.8) is 0 Å². The third-order valence-electron chi connectivity index (χ3n) is 5.63. The summed E-state index contributed by atoms with van der Waals surface area (Å²) in [5.41, 5.74) is 4.37. The SMILES string of the molecule is Cc1nc(-c2ccc(-c3ccccc3)cc2)nc(-c2ccc3c(c2)sc2ccccc23)n1. The molecule has 6 rings (SSSR count). The molecular formula is C28H19N3S. The predicted octanol–water partition coefficient (Wildman–Crippen LogP) is 7.55. The lowest BCUT2D eigenvalue weighted by atomic mass is 10.0. The highest BCUT2D eigenvalue weighted by atomic mass is 32.1. The van der Waals surface area contributed by atoms with Crippen molar-refractivity contribution in [1.29, 1.82) is 0 Å². The van der Waals surface area contributed by atoms with Crippen molar-refractivity contribution in [2.24, 2.45) is 0 Å². The molecule has 0 saturated heterocycles. The number of hydrogen-bond acceptors (Lipinski definition) is 4. The summed E-state index contributed by atoms with van der Waals surface area (Å²) < 4.78 is 2.54. The van der Waals surface area contributed by atoms with Crippen molar-refractivity contribution in [2.75, 3.05) is 0 Å². The number of nitrogens with zero attached hydrogens (tertiary/aromatic N) is 3. The minimum absolute atomic E-state index is 0.698. The van der Waals surface area contributed by atoms with Gasteiger partial charge in [-0.2, -0.15) is 0 Å². The molecule has 0 aliphatic heterocycles. The number of rotatable bonds is 3. The van der Waals surface area contributed by atoms with Crippen LogP contribution in [0.1, 0.15) is 5.82 Å². The van der Waals surface area contributed by atoms with Crippen LogP contribution in [-0.4, -0.2) is 15.0 Å². The van der Waals surface area contributed by atoms with Gasteiger partial charge in [0.25, 0.3) is 0 Å². The number of thiophene rings is 1. The third-order valence-corrected chi connectivity index (χ3v) is 6.77. The molecular weight excluding hydrogens is 410 g/mol. The van der Waals surface area contributed by atoms with Gasteiger partial charge in [-0.1, -0.05) is 84.9 Å². The summed E-state index contributed by atoms with van der Waals surface area (Å²) >= 11 is 1.80. The second-order valence-corrected chi connectivity index (χ2v) is 8.87. The van der Waals surface area contributed by atoms with Gasteiger partial charge in [0, 0.05) is 31.3 Å². The maximum Gasteiger partial charge on any atom is 0.163 e. The molecule has 0 fully saturated rings. The van der Waals surface area contributed by atoms with Crippen LogP contribution in [0.3, 0.4) is 0 Å². The molecule has 2 aromatic heterocycles. The molecule has 0 aliphatic carbocycles. The number of benzene rings is 4. The number of aryl methyl sites for hydroxylation is 1. The van der Waals surface area contributed by atoms with Gasteiger partial charge in [0.15, 0.2) is 11.6 Å². The lowest BCUT2D eigenvalue weighted by molar-refractivity contribution is 0.992. The summed E-state index contributed by atoms with van der Waals surface area (Å²) in [6.45, 7) is 1.92. The van der Waals surface area contributed by atoms with Crippen LogP contribution in [0.25, 0.3) is 54.1 Å². The van der Waals surface area contributed by atoms with Gasteiger partial charge in [-0.25, -0.2) is 15.0 Å². The van der Waals surface area contributed by atoms with E-state index < -0.39 is 0 Å². The maximum atomic E-state index is 4.82. The van der Waals surface area contributed by atoms with E-state index in [1.807, 2.05) is 13.0 Å². The van der Waals surface area contributed by atoms with E-state index >= 15 is 0 Å². The molecule has 0 spiro atoms. The van der Waals surface area contributed by atoms with Crippen LogP contribution >= 0.6 is 11.3 Å². The zero-order valence-corrected chi connectivity index (χ0v) is 18.3. The summed E-state index contributed by atoms with van der Waals surface area (Å²) in [6, 6.07) is 33.8. The first kappa shape index (κ1) is 18.8. The summed E-state index contributed by atoms with van der Waals surface area (Å²) in [7, 11) is 0. The van der Waals surface area contributed by atoms with Crippen molar-refractivity contribution in [1.82, 2.24) is 15.0 Å². The molecule has 0 N–H and O–H groups in total. The Hall–Kier alpha value is -3.89. The van der Waals surface area contributed by atoms with Crippen LogP contribution in [0.5, 0.6) is 0 Å². The summed E-state index contributed by atoms with van der Waals surface area (Å²) in [5.74, 6) is 2.12. The van der Waals surface area contributed by atoms with Crippen molar-refractivity contribution in [3.8, 4) is 33.9 Å². The van der Waals surface area contributed by atoms with Crippen molar-refractivity contribution >= 4 is 31.5 Å². The lowest BCUT2D eigenvalue weighted by Gasteiger charge is -2.07. The van der Waals surface area contributed by atoms with Crippen molar-refractivity contribution in [2.45, 2.75) is 6.92 Å². The normalized spacial score (nSPS) is 11.3. The van der Waals surface area contributed by atoms with Gasteiger partial charge in [-0.3, -0.25) is 0 Å². The fraction of sp³-hybridized carbons (Fsp3) is 0.0357. The standard InChI is InChI=1S/C28H19N3S/c1-18-29-27(21-13-11-20(12-14-21)19-7-3-2-4-8-19)31-28(30-18)22-15-16-24-23-9-5-6-10-25(23)32-26(24)17-22/h2-17H,1H3. The minimum atomic E-state index is 0.698. The van der Waals surface area contributed by atoms with E-state index in [0.29, 0.717) is 17.5 Å². The molecule has 152 valence electrons. The molecule has 0 radical (unpaired) electrons. The topological polar surface area (TPSA) is 38.7 Å². The highest BCUT2D eigenvalue weighted by Crippen LogP contribution is 2.35. The Bertz CT molecular complexity index is 1570. The van der Waals surface area contributed by atoms with Gasteiger partial charge in [0.1, 0.15) is 5.82 Å². The molecule has 0 amide bonds. The van der Waals surface area contributed by atoms with Gasteiger partial charge in [0.2, 0.25) is 0 Å². The van der Waals surface area contributed by atoms with Crippen LogP contribution in [-0.2, 0) is 0 Å². The third kappa shape index (κ3) is 3.35. The van der Waals surface area contributed by atoms with Crippen LogP contribution in [0.2, 0.25) is 0 Å². The zero-order valence-electron chi connectivity index (χ0n) is 17.5. The van der Waals surface area contributed by atoms with E-state index in [0.717, 1.165) is 11.1 Å².